The second-order valence-electron chi connectivity index (χ2n) is 5.21. The minimum absolute atomic E-state index is 0.436. The van der Waals surface area contributed by atoms with Crippen LogP contribution < -0.4 is 10.5 Å². The molecule has 4 N–H and O–H groups in total. The summed E-state index contributed by atoms with van der Waals surface area (Å²) in [6.45, 7) is 0. The Bertz CT molecular complexity index is 972. The average Bonchev–Trinajstić information content (AvgIpc) is 3.24. The summed E-state index contributed by atoms with van der Waals surface area (Å²) in [5, 5.41) is 0. The Hall–Kier alpha value is -3.28. The molecule has 0 spiro atoms. The number of anilines is 1. The highest BCUT2D eigenvalue weighted by molar-refractivity contribution is 5.84. The van der Waals surface area contributed by atoms with E-state index in [1.54, 1.807) is 13.3 Å². The predicted molar refractivity (Wildman–Crippen MR) is 90.1 cm³/mol. The second kappa shape index (κ2) is 5.17. The van der Waals surface area contributed by atoms with Crippen molar-refractivity contribution in [2.75, 3.05) is 12.8 Å². The Morgan fingerprint density at radius 3 is 2.87 bits per heavy atom. The largest absolute Gasteiger partial charge is 0.497 e. The number of nitrogen functional groups attached to an aromatic ring is 1. The molecule has 114 valence electrons. The predicted octanol–water partition coefficient (Wildman–Crippen LogP) is 3.21. The first-order chi connectivity index (χ1) is 11.2. The highest BCUT2D eigenvalue weighted by atomic mass is 16.5. The zero-order valence-corrected chi connectivity index (χ0v) is 12.5. The zero-order chi connectivity index (χ0) is 15.8. The first kappa shape index (κ1) is 13.4. The van der Waals surface area contributed by atoms with Crippen LogP contribution in [0.15, 0.2) is 48.8 Å². The average molecular weight is 305 g/mol. The van der Waals surface area contributed by atoms with E-state index >= 15 is 0 Å². The number of methoxy groups -OCH3 is 1. The van der Waals surface area contributed by atoms with E-state index in [-0.39, 0.29) is 0 Å². The number of fused-ring (bicyclic) bond motifs is 1. The Morgan fingerprint density at radius 2 is 2.09 bits per heavy atom. The fourth-order valence-corrected chi connectivity index (χ4v) is 2.57. The van der Waals surface area contributed by atoms with E-state index in [2.05, 4.69) is 19.9 Å². The number of nitrogens with two attached hydrogens (primary N) is 1. The van der Waals surface area contributed by atoms with E-state index in [1.165, 1.54) is 0 Å². The topological polar surface area (TPSA) is 92.6 Å². The van der Waals surface area contributed by atoms with Gasteiger partial charge < -0.3 is 20.4 Å². The Labute approximate surface area is 132 Å². The highest BCUT2D eigenvalue weighted by Gasteiger charge is 2.12. The van der Waals surface area contributed by atoms with Crippen LogP contribution in [0.4, 0.5) is 5.82 Å². The van der Waals surface area contributed by atoms with Crippen LogP contribution in [0.1, 0.15) is 0 Å². The van der Waals surface area contributed by atoms with Gasteiger partial charge >= 0.3 is 0 Å². The van der Waals surface area contributed by atoms with Crippen LogP contribution in [-0.4, -0.2) is 27.0 Å². The van der Waals surface area contributed by atoms with Gasteiger partial charge in [0.2, 0.25) is 0 Å². The molecule has 0 saturated carbocycles. The zero-order valence-electron chi connectivity index (χ0n) is 12.5. The van der Waals surface area contributed by atoms with E-state index in [4.69, 9.17) is 10.5 Å². The monoisotopic (exact) mass is 305 g/mol. The first-order valence-electron chi connectivity index (χ1n) is 7.18. The lowest BCUT2D eigenvalue weighted by Gasteiger charge is -2.04. The molecular formula is C17H15N5O. The van der Waals surface area contributed by atoms with Gasteiger partial charge in [0.05, 0.1) is 23.7 Å². The van der Waals surface area contributed by atoms with Crippen LogP contribution in [0.3, 0.4) is 0 Å². The molecule has 0 aliphatic carbocycles. The molecule has 0 radical (unpaired) electrons. The summed E-state index contributed by atoms with van der Waals surface area (Å²) >= 11 is 0. The molecule has 23 heavy (non-hydrogen) atoms. The molecule has 1 aromatic carbocycles. The van der Waals surface area contributed by atoms with E-state index < -0.39 is 0 Å². The van der Waals surface area contributed by atoms with Gasteiger partial charge in [0.15, 0.2) is 0 Å². The maximum atomic E-state index is 6.05. The van der Waals surface area contributed by atoms with Gasteiger partial charge in [-0.1, -0.05) is 0 Å². The minimum atomic E-state index is 0.436. The first-order valence-corrected chi connectivity index (χ1v) is 7.18. The minimum Gasteiger partial charge on any atom is -0.497 e. The third-order valence-electron chi connectivity index (χ3n) is 3.77. The van der Waals surface area contributed by atoms with Crippen molar-refractivity contribution in [2.45, 2.75) is 0 Å². The van der Waals surface area contributed by atoms with Crippen molar-refractivity contribution >= 4 is 16.9 Å². The number of benzene rings is 1. The molecule has 0 amide bonds. The van der Waals surface area contributed by atoms with Crippen molar-refractivity contribution in [3.8, 4) is 28.4 Å². The number of pyridine rings is 1. The summed E-state index contributed by atoms with van der Waals surface area (Å²) in [6.07, 6.45) is 3.62. The number of aromatic amines is 2. The van der Waals surface area contributed by atoms with Crippen molar-refractivity contribution in [3.05, 3.63) is 48.8 Å². The smallest absolute Gasteiger partial charge is 0.142 e. The molecule has 0 aliphatic rings. The summed E-state index contributed by atoms with van der Waals surface area (Å²) in [5.74, 6) is 1.90. The lowest BCUT2D eigenvalue weighted by Crippen LogP contribution is -1.96. The third kappa shape index (κ3) is 2.30. The van der Waals surface area contributed by atoms with Gasteiger partial charge in [-0.3, -0.25) is 0 Å². The second-order valence-corrected chi connectivity index (χ2v) is 5.21. The van der Waals surface area contributed by atoms with Gasteiger partial charge in [-0.2, -0.15) is 0 Å². The third-order valence-corrected chi connectivity index (χ3v) is 3.77. The lowest BCUT2D eigenvalue weighted by molar-refractivity contribution is 0.415. The van der Waals surface area contributed by atoms with Crippen molar-refractivity contribution in [1.29, 1.82) is 0 Å². The standard InChI is InChI=1S/C17H15N5O/c1-23-11-4-5-14-15(8-11)22-17(21-14)12-7-10(9-20-16(12)18)13-3-2-6-19-13/h2-9,19H,1H3,(H2,18,20)(H,21,22). The van der Waals surface area contributed by atoms with Crippen molar-refractivity contribution < 1.29 is 4.74 Å². The van der Waals surface area contributed by atoms with Crippen LogP contribution in [0.2, 0.25) is 0 Å². The number of aromatic nitrogens is 4. The van der Waals surface area contributed by atoms with E-state index in [0.29, 0.717) is 11.6 Å². The van der Waals surface area contributed by atoms with Crippen molar-refractivity contribution in [3.63, 3.8) is 0 Å². The summed E-state index contributed by atoms with van der Waals surface area (Å²) in [5.41, 5.74) is 10.5. The summed E-state index contributed by atoms with van der Waals surface area (Å²) in [6, 6.07) is 11.6. The number of imidazole rings is 1. The molecule has 6 nitrogen and oxygen atoms in total. The molecule has 0 bridgehead atoms. The number of rotatable bonds is 3. The van der Waals surface area contributed by atoms with Gasteiger partial charge in [0.25, 0.3) is 0 Å². The van der Waals surface area contributed by atoms with Crippen LogP contribution in [0, 0.1) is 0 Å². The molecule has 0 aliphatic heterocycles. The van der Waals surface area contributed by atoms with E-state index in [9.17, 15) is 0 Å². The van der Waals surface area contributed by atoms with Gasteiger partial charge in [0, 0.05) is 29.7 Å². The van der Waals surface area contributed by atoms with Crippen LogP contribution >= 0.6 is 0 Å². The van der Waals surface area contributed by atoms with Crippen LogP contribution in [-0.2, 0) is 0 Å². The number of hydrogen-bond donors (Lipinski definition) is 3. The van der Waals surface area contributed by atoms with Crippen molar-refractivity contribution in [1.82, 2.24) is 19.9 Å². The molecule has 4 aromatic rings. The van der Waals surface area contributed by atoms with Crippen LogP contribution in [0.25, 0.3) is 33.7 Å². The molecular weight excluding hydrogens is 290 g/mol. The van der Waals surface area contributed by atoms with Crippen molar-refractivity contribution in [2.24, 2.45) is 0 Å². The Kier molecular flexibility index (Phi) is 3.01. The molecule has 6 heteroatoms. The fraction of sp³-hybridized carbons (Fsp3) is 0.0588. The number of H-pyrrole nitrogens is 2. The molecule has 4 rings (SSSR count). The summed E-state index contributed by atoms with van der Waals surface area (Å²) in [4.78, 5) is 15.3. The maximum Gasteiger partial charge on any atom is 0.142 e. The number of ether oxygens (including phenoxy) is 1. The molecule has 0 saturated heterocycles. The fourth-order valence-electron chi connectivity index (χ4n) is 2.57. The van der Waals surface area contributed by atoms with Gasteiger partial charge in [-0.25, -0.2) is 9.97 Å². The van der Waals surface area contributed by atoms with Crippen LogP contribution in [0.5, 0.6) is 5.75 Å². The molecule has 3 aromatic heterocycles. The summed E-state index contributed by atoms with van der Waals surface area (Å²) in [7, 11) is 1.64. The van der Waals surface area contributed by atoms with E-state index in [1.807, 2.05) is 42.6 Å². The number of nitrogens with one attached hydrogen (secondary N) is 2. The summed E-state index contributed by atoms with van der Waals surface area (Å²) < 4.78 is 5.24. The highest BCUT2D eigenvalue weighted by Crippen LogP contribution is 2.29. The Balaban J connectivity index is 1.85. The molecule has 0 atom stereocenters. The number of nitrogens with zero attached hydrogens (tertiary/aromatic N) is 2. The lowest BCUT2D eigenvalue weighted by atomic mass is 10.1. The van der Waals surface area contributed by atoms with Gasteiger partial charge in [-0.05, 0) is 30.3 Å². The Morgan fingerprint density at radius 1 is 1.17 bits per heavy atom. The molecule has 0 unspecified atom stereocenters. The molecule has 0 fully saturated rings. The normalized spacial score (nSPS) is 11.0. The maximum absolute atomic E-state index is 6.05. The van der Waals surface area contributed by atoms with Gasteiger partial charge in [-0.15, -0.1) is 0 Å². The SMILES string of the molecule is COc1ccc2nc(-c3cc(-c4ccc[nH]4)cnc3N)[nH]c2c1. The number of hydrogen-bond acceptors (Lipinski definition) is 4. The molecule has 3 heterocycles. The quantitative estimate of drug-likeness (QED) is 0.542. The van der Waals surface area contributed by atoms with Gasteiger partial charge in [0.1, 0.15) is 17.4 Å². The van der Waals surface area contributed by atoms with E-state index in [0.717, 1.165) is 33.6 Å².